The van der Waals surface area contributed by atoms with Crippen molar-refractivity contribution in [3.05, 3.63) is 27.8 Å². The number of carbonyl (C=O) groups is 2. The van der Waals surface area contributed by atoms with E-state index in [-0.39, 0.29) is 33.6 Å². The fraction of sp³-hybridized carbons (Fsp3) is 0.529. The molecule has 146 valence electrons. The molecule has 0 aromatic heterocycles. The Morgan fingerprint density at radius 1 is 0.731 bits per heavy atom. The summed E-state index contributed by atoms with van der Waals surface area (Å²) < 4.78 is 0. The molecule has 0 saturated carbocycles. The number of hydrogen-bond acceptors (Lipinski definition) is 7. The Kier molecular flexibility index (Phi) is 7.97. The lowest BCUT2D eigenvalue weighted by Gasteiger charge is -2.21. The van der Waals surface area contributed by atoms with E-state index >= 15 is 0 Å². The molecule has 0 atom stereocenters. The highest BCUT2D eigenvalue weighted by atomic mass is 16.3. The van der Waals surface area contributed by atoms with Gasteiger partial charge in [-0.25, -0.2) is 0 Å². The Balaban J connectivity index is 3.40. The van der Waals surface area contributed by atoms with Gasteiger partial charge in [-0.05, 0) is 26.3 Å². The molecule has 9 nitrogen and oxygen atoms in total. The lowest BCUT2D eigenvalue weighted by molar-refractivity contribution is 0.0874. The predicted molar refractivity (Wildman–Crippen MR) is 93.2 cm³/mol. The van der Waals surface area contributed by atoms with E-state index < -0.39 is 50.3 Å². The zero-order chi connectivity index (χ0) is 20.0. The minimum atomic E-state index is -0.879. The summed E-state index contributed by atoms with van der Waals surface area (Å²) in [7, 11) is 0. The monoisotopic (exact) mass is 370 g/mol. The Hall–Kier alpha value is -2.20. The van der Waals surface area contributed by atoms with Crippen molar-refractivity contribution in [3.63, 3.8) is 0 Å². The minimum Gasteiger partial charge on any atom is -0.507 e. The largest absolute Gasteiger partial charge is 0.507 e. The number of aliphatic hydroxyl groups is 4. The van der Waals surface area contributed by atoms with Crippen LogP contribution in [0.2, 0.25) is 0 Å². The molecule has 0 spiro atoms. The van der Waals surface area contributed by atoms with E-state index in [2.05, 4.69) is 10.6 Å². The average Bonchev–Trinajstić information content (AvgIpc) is 2.62. The summed E-state index contributed by atoms with van der Waals surface area (Å²) in [6.07, 6.45) is 0. The van der Waals surface area contributed by atoms with Crippen LogP contribution in [0.15, 0.2) is 0 Å². The minimum absolute atomic E-state index is 0.0506. The second kappa shape index (κ2) is 9.48. The lowest BCUT2D eigenvalue weighted by Crippen LogP contribution is -2.42. The Bertz CT molecular complexity index is 615. The second-order valence-electron chi connectivity index (χ2n) is 6.04. The number of rotatable bonds is 8. The number of nitrogens with one attached hydrogen (secondary N) is 2. The zero-order valence-corrected chi connectivity index (χ0v) is 15.0. The number of aromatic hydroxyl groups is 1. The molecule has 1 aromatic carbocycles. The first-order chi connectivity index (χ1) is 12.2. The number of carbonyl (C=O) groups excluding carboxylic acids is 2. The molecule has 0 aliphatic heterocycles. The van der Waals surface area contributed by atoms with Crippen molar-refractivity contribution in [3.8, 4) is 5.75 Å². The number of phenolic OH excluding ortho intramolecular Hbond substituents is 1. The molecule has 0 heterocycles. The highest BCUT2D eigenvalue weighted by molar-refractivity contribution is 6.05. The third kappa shape index (κ3) is 4.50. The SMILES string of the molecule is Cc1c(O)c(C)c(C(=O)NC(CO)CO)c(C)c1C(=O)NC(CO)CO. The first-order valence-corrected chi connectivity index (χ1v) is 8.11. The van der Waals surface area contributed by atoms with Gasteiger partial charge < -0.3 is 36.2 Å². The molecule has 0 fully saturated rings. The van der Waals surface area contributed by atoms with Gasteiger partial charge in [-0.3, -0.25) is 9.59 Å². The normalized spacial score (nSPS) is 11.1. The first kappa shape index (κ1) is 21.8. The molecular weight excluding hydrogens is 344 g/mol. The molecule has 0 unspecified atom stereocenters. The number of phenols is 1. The van der Waals surface area contributed by atoms with Crippen molar-refractivity contribution in [1.29, 1.82) is 0 Å². The number of aliphatic hydroxyl groups excluding tert-OH is 4. The van der Waals surface area contributed by atoms with Crippen LogP contribution in [0.5, 0.6) is 5.75 Å². The van der Waals surface area contributed by atoms with Crippen LogP contribution in [0, 0.1) is 20.8 Å². The zero-order valence-electron chi connectivity index (χ0n) is 15.0. The van der Waals surface area contributed by atoms with Crippen molar-refractivity contribution >= 4 is 11.8 Å². The van der Waals surface area contributed by atoms with Gasteiger partial charge in [0, 0.05) is 22.3 Å². The molecule has 7 N–H and O–H groups in total. The molecular formula is C17H26N2O7. The molecule has 26 heavy (non-hydrogen) atoms. The van der Waals surface area contributed by atoms with E-state index in [0.29, 0.717) is 0 Å². The van der Waals surface area contributed by atoms with Gasteiger partial charge in [0.05, 0.1) is 38.5 Å². The average molecular weight is 370 g/mol. The van der Waals surface area contributed by atoms with E-state index in [4.69, 9.17) is 20.4 Å². The molecule has 0 aliphatic rings. The Morgan fingerprint density at radius 3 is 1.31 bits per heavy atom. The van der Waals surface area contributed by atoms with Gasteiger partial charge in [0.2, 0.25) is 0 Å². The van der Waals surface area contributed by atoms with Gasteiger partial charge in [0.25, 0.3) is 11.8 Å². The van der Waals surface area contributed by atoms with E-state index in [1.54, 1.807) is 0 Å². The summed E-state index contributed by atoms with van der Waals surface area (Å²) in [5.41, 5.74) is 0.899. The van der Waals surface area contributed by atoms with Gasteiger partial charge in [0.15, 0.2) is 0 Å². The van der Waals surface area contributed by atoms with Gasteiger partial charge in [-0.15, -0.1) is 0 Å². The van der Waals surface area contributed by atoms with Gasteiger partial charge >= 0.3 is 0 Å². The molecule has 0 saturated heterocycles. The summed E-state index contributed by atoms with van der Waals surface area (Å²) >= 11 is 0. The Morgan fingerprint density at radius 2 is 1.04 bits per heavy atom. The van der Waals surface area contributed by atoms with Gasteiger partial charge in [0.1, 0.15) is 5.75 Å². The highest BCUT2D eigenvalue weighted by Gasteiger charge is 2.26. The fourth-order valence-electron chi connectivity index (χ4n) is 2.70. The van der Waals surface area contributed by atoms with Crippen molar-refractivity contribution < 1.29 is 35.1 Å². The van der Waals surface area contributed by atoms with E-state index in [9.17, 15) is 14.7 Å². The summed E-state index contributed by atoms with van der Waals surface area (Å²) in [6, 6.07) is -1.76. The maximum absolute atomic E-state index is 12.5. The molecule has 1 rings (SSSR count). The van der Waals surface area contributed by atoms with Crippen molar-refractivity contribution in [1.82, 2.24) is 10.6 Å². The Labute approximate surface area is 151 Å². The summed E-state index contributed by atoms with van der Waals surface area (Å²) in [6.45, 7) is 2.68. The smallest absolute Gasteiger partial charge is 0.252 e. The third-order valence-corrected chi connectivity index (χ3v) is 4.22. The lowest BCUT2D eigenvalue weighted by atomic mass is 9.91. The van der Waals surface area contributed by atoms with Crippen LogP contribution >= 0.6 is 0 Å². The van der Waals surface area contributed by atoms with Crippen LogP contribution in [-0.4, -0.2) is 75.9 Å². The van der Waals surface area contributed by atoms with Gasteiger partial charge in [-0.2, -0.15) is 0 Å². The third-order valence-electron chi connectivity index (χ3n) is 4.22. The van der Waals surface area contributed by atoms with Crippen LogP contribution < -0.4 is 10.6 Å². The van der Waals surface area contributed by atoms with Gasteiger partial charge in [-0.1, -0.05) is 0 Å². The maximum Gasteiger partial charge on any atom is 0.252 e. The topological polar surface area (TPSA) is 159 Å². The van der Waals surface area contributed by atoms with Crippen LogP contribution in [-0.2, 0) is 0 Å². The number of amides is 2. The summed E-state index contributed by atoms with van der Waals surface area (Å²) in [4.78, 5) is 25.1. The number of benzene rings is 1. The fourth-order valence-corrected chi connectivity index (χ4v) is 2.70. The molecule has 1 aromatic rings. The molecule has 0 bridgehead atoms. The molecule has 0 aliphatic carbocycles. The van der Waals surface area contributed by atoms with Crippen molar-refractivity contribution in [2.75, 3.05) is 26.4 Å². The summed E-state index contributed by atoms with van der Waals surface area (Å²) in [5.74, 6) is -1.54. The number of hydrogen-bond donors (Lipinski definition) is 7. The maximum atomic E-state index is 12.5. The quantitative estimate of drug-likeness (QED) is 0.293. The predicted octanol–water partition coefficient (Wildman–Crippen LogP) is -1.52. The van der Waals surface area contributed by atoms with E-state index in [0.717, 1.165) is 0 Å². The van der Waals surface area contributed by atoms with Crippen LogP contribution in [0.4, 0.5) is 0 Å². The molecule has 2 amide bonds. The standard InChI is InChI=1S/C17H26N2O7/c1-8-13(16(25)18-11(4-20)5-21)9(2)15(24)10(3)14(8)17(26)19-12(6-22)7-23/h11-12,20-24H,4-7H2,1-3H3,(H,18,25)(H,19,26). The van der Waals surface area contributed by atoms with Crippen LogP contribution in [0.3, 0.4) is 0 Å². The molecule has 9 heteroatoms. The van der Waals surface area contributed by atoms with Crippen LogP contribution in [0.1, 0.15) is 37.4 Å². The molecule has 0 radical (unpaired) electrons. The second-order valence-corrected chi connectivity index (χ2v) is 6.04. The summed E-state index contributed by atoms with van der Waals surface area (Å²) in [5, 5.41) is 51.7. The van der Waals surface area contributed by atoms with E-state index in [1.165, 1.54) is 20.8 Å². The van der Waals surface area contributed by atoms with Crippen molar-refractivity contribution in [2.24, 2.45) is 0 Å². The first-order valence-electron chi connectivity index (χ1n) is 8.11. The van der Waals surface area contributed by atoms with Crippen LogP contribution in [0.25, 0.3) is 0 Å². The van der Waals surface area contributed by atoms with E-state index in [1.807, 2.05) is 0 Å². The highest BCUT2D eigenvalue weighted by Crippen LogP contribution is 2.32. The van der Waals surface area contributed by atoms with Crippen molar-refractivity contribution in [2.45, 2.75) is 32.9 Å².